The average Bonchev–Trinajstić information content (AvgIpc) is 3.37. The molecule has 0 radical (unpaired) electrons. The number of nitrogens with zero attached hydrogens (tertiary/aromatic N) is 4. The van der Waals surface area contributed by atoms with Crippen molar-refractivity contribution in [2.24, 2.45) is 0 Å². The van der Waals surface area contributed by atoms with Gasteiger partial charge in [0.1, 0.15) is 0 Å². The molecule has 212 valence electrons. The summed E-state index contributed by atoms with van der Waals surface area (Å²) < 4.78 is 29.4. The van der Waals surface area contributed by atoms with Crippen LogP contribution >= 0.6 is 23.7 Å². The molecular formula is C30H35ClN4O3S2. The monoisotopic (exact) mass is 598 g/mol. The average molecular weight is 599 g/mol. The lowest BCUT2D eigenvalue weighted by molar-refractivity contribution is 0.0983. The Bertz CT molecular complexity index is 1580. The van der Waals surface area contributed by atoms with Gasteiger partial charge >= 0.3 is 0 Å². The van der Waals surface area contributed by atoms with Crippen LogP contribution in [0.15, 0.2) is 71.6 Å². The van der Waals surface area contributed by atoms with Gasteiger partial charge in [-0.15, -0.1) is 12.4 Å². The molecule has 10 heteroatoms. The van der Waals surface area contributed by atoms with E-state index in [0.717, 1.165) is 41.0 Å². The summed E-state index contributed by atoms with van der Waals surface area (Å²) in [5.74, 6) is -0.186. The van der Waals surface area contributed by atoms with E-state index in [1.807, 2.05) is 37.3 Å². The minimum absolute atomic E-state index is 0. The van der Waals surface area contributed by atoms with Crippen LogP contribution in [0.25, 0.3) is 10.2 Å². The molecule has 0 saturated heterocycles. The molecule has 7 nitrogen and oxygen atoms in total. The quantitative estimate of drug-likeness (QED) is 0.245. The first-order chi connectivity index (χ1) is 18.8. The van der Waals surface area contributed by atoms with Crippen molar-refractivity contribution in [1.82, 2.24) is 14.2 Å². The molecule has 4 aromatic rings. The van der Waals surface area contributed by atoms with Gasteiger partial charge in [0.15, 0.2) is 5.13 Å². The Hall–Kier alpha value is -2.82. The lowest BCUT2D eigenvalue weighted by Crippen LogP contribution is -2.39. The van der Waals surface area contributed by atoms with Crippen LogP contribution in [-0.4, -0.2) is 61.2 Å². The van der Waals surface area contributed by atoms with Crippen molar-refractivity contribution in [3.05, 3.63) is 89.0 Å². The van der Waals surface area contributed by atoms with Crippen LogP contribution in [0.4, 0.5) is 5.13 Å². The molecule has 5 rings (SSSR count). The number of carbonyl (C=O) groups excluding carboxylic acids is 1. The van der Waals surface area contributed by atoms with Gasteiger partial charge in [0.2, 0.25) is 10.0 Å². The standard InChI is InChI=1S/C30H34N4O3S2.ClH/c1-4-32(5-2)18-19-34(30-31-27-15-10-22(3)20-28(27)38-30)29(35)24-11-13-26(14-12-24)39(36,37)33-17-16-23-8-6-7-9-25(23)21-33;/h6-15,20H,4-5,16-19,21H2,1-3H3;1H. The number of rotatable bonds is 9. The molecule has 2 heterocycles. The highest BCUT2D eigenvalue weighted by atomic mass is 35.5. The van der Waals surface area contributed by atoms with Crippen LogP contribution in [0.3, 0.4) is 0 Å². The summed E-state index contributed by atoms with van der Waals surface area (Å²) in [6, 6.07) is 20.4. The van der Waals surface area contributed by atoms with E-state index in [1.165, 1.54) is 21.2 Å². The van der Waals surface area contributed by atoms with Gasteiger partial charge in [-0.1, -0.05) is 55.5 Å². The lowest BCUT2D eigenvalue weighted by atomic mass is 10.0. The van der Waals surface area contributed by atoms with Crippen molar-refractivity contribution in [3.8, 4) is 0 Å². The Morgan fingerprint density at radius 3 is 2.38 bits per heavy atom. The summed E-state index contributed by atoms with van der Waals surface area (Å²) in [7, 11) is -3.68. The van der Waals surface area contributed by atoms with Gasteiger partial charge in [-0.25, -0.2) is 13.4 Å². The third-order valence-electron chi connectivity index (χ3n) is 7.38. The summed E-state index contributed by atoms with van der Waals surface area (Å²) in [6.45, 7) is 10.1. The highest BCUT2D eigenvalue weighted by Gasteiger charge is 2.29. The van der Waals surface area contributed by atoms with Crippen molar-refractivity contribution < 1.29 is 13.2 Å². The number of aromatic nitrogens is 1. The zero-order chi connectivity index (χ0) is 27.6. The molecule has 0 spiro atoms. The number of carbonyl (C=O) groups is 1. The van der Waals surface area contributed by atoms with Crippen molar-refractivity contribution >= 4 is 55.0 Å². The number of fused-ring (bicyclic) bond motifs is 2. The maximum Gasteiger partial charge on any atom is 0.260 e. The molecule has 0 N–H and O–H groups in total. The van der Waals surface area contributed by atoms with E-state index in [0.29, 0.717) is 36.8 Å². The first-order valence-electron chi connectivity index (χ1n) is 13.4. The number of benzene rings is 3. The van der Waals surface area contributed by atoms with Crippen molar-refractivity contribution in [2.45, 2.75) is 38.6 Å². The predicted molar refractivity (Wildman–Crippen MR) is 165 cm³/mol. The zero-order valence-corrected chi connectivity index (χ0v) is 25.5. The number of hydrogen-bond acceptors (Lipinski definition) is 6. The highest BCUT2D eigenvalue weighted by molar-refractivity contribution is 7.89. The topological polar surface area (TPSA) is 73.8 Å². The fraction of sp³-hybridized carbons (Fsp3) is 0.333. The SMILES string of the molecule is CCN(CC)CCN(C(=O)c1ccc(S(=O)(=O)N2CCc3ccccc3C2)cc1)c1nc2ccc(C)cc2s1.Cl. The Balaban J connectivity index is 0.00000370. The summed E-state index contributed by atoms with van der Waals surface area (Å²) in [6.07, 6.45) is 0.690. The number of anilines is 1. The van der Waals surface area contributed by atoms with Crippen LogP contribution in [0, 0.1) is 6.92 Å². The molecule has 3 aromatic carbocycles. The van der Waals surface area contributed by atoms with Gasteiger partial charge in [-0.2, -0.15) is 4.31 Å². The zero-order valence-electron chi connectivity index (χ0n) is 23.0. The molecule has 1 aromatic heterocycles. The van der Waals surface area contributed by atoms with Gasteiger partial charge in [0.05, 0.1) is 15.1 Å². The maximum absolute atomic E-state index is 13.8. The van der Waals surface area contributed by atoms with E-state index in [-0.39, 0.29) is 23.2 Å². The normalized spacial score (nSPS) is 13.7. The number of likely N-dealkylation sites (N-methyl/N-ethyl adjacent to an activating group) is 1. The molecule has 0 atom stereocenters. The summed E-state index contributed by atoms with van der Waals surface area (Å²) in [5, 5.41) is 0.649. The smallest absolute Gasteiger partial charge is 0.260 e. The van der Waals surface area contributed by atoms with Crippen molar-refractivity contribution in [3.63, 3.8) is 0 Å². The molecule has 0 unspecified atom stereocenters. The lowest BCUT2D eigenvalue weighted by Gasteiger charge is -2.28. The molecule has 0 saturated carbocycles. The second-order valence-corrected chi connectivity index (χ2v) is 12.8. The highest BCUT2D eigenvalue weighted by Crippen LogP contribution is 2.31. The predicted octanol–water partition coefficient (Wildman–Crippen LogP) is 5.76. The van der Waals surface area contributed by atoms with Crippen LogP contribution < -0.4 is 4.90 Å². The van der Waals surface area contributed by atoms with Gasteiger partial charge in [-0.3, -0.25) is 9.69 Å². The summed E-state index contributed by atoms with van der Waals surface area (Å²) in [5.41, 5.74) is 4.68. The molecule has 0 bridgehead atoms. The van der Waals surface area contributed by atoms with Crippen molar-refractivity contribution in [1.29, 1.82) is 0 Å². The minimum atomic E-state index is -3.68. The number of sulfonamides is 1. The van der Waals surface area contributed by atoms with E-state index in [1.54, 1.807) is 29.2 Å². The van der Waals surface area contributed by atoms with Crippen LogP contribution in [0.1, 0.15) is 40.9 Å². The molecule has 0 fully saturated rings. The number of hydrogen-bond donors (Lipinski definition) is 0. The molecule has 0 aliphatic carbocycles. The Kier molecular flexibility index (Phi) is 9.64. The van der Waals surface area contributed by atoms with Gasteiger partial charge < -0.3 is 4.90 Å². The second kappa shape index (κ2) is 12.8. The Morgan fingerprint density at radius 2 is 1.68 bits per heavy atom. The van der Waals surface area contributed by atoms with Gasteiger partial charge in [-0.05, 0) is 79.5 Å². The first kappa shape index (κ1) is 30.1. The molecule has 40 heavy (non-hydrogen) atoms. The number of aryl methyl sites for hydroxylation is 1. The fourth-order valence-corrected chi connectivity index (χ4v) is 7.46. The third kappa shape index (κ3) is 6.24. The summed E-state index contributed by atoms with van der Waals surface area (Å²) >= 11 is 1.50. The Morgan fingerprint density at radius 1 is 0.975 bits per heavy atom. The summed E-state index contributed by atoms with van der Waals surface area (Å²) in [4.78, 5) is 22.8. The molecular weight excluding hydrogens is 564 g/mol. The fourth-order valence-electron chi connectivity index (χ4n) is 4.95. The van der Waals surface area contributed by atoms with E-state index in [9.17, 15) is 13.2 Å². The number of halogens is 1. The number of thiazole rings is 1. The number of amides is 1. The first-order valence-corrected chi connectivity index (χ1v) is 15.6. The maximum atomic E-state index is 13.8. The van der Waals surface area contributed by atoms with Gasteiger partial charge in [0, 0.05) is 31.7 Å². The molecule has 1 amide bonds. The molecule has 1 aliphatic heterocycles. The van der Waals surface area contributed by atoms with E-state index < -0.39 is 10.0 Å². The van der Waals surface area contributed by atoms with Crippen LogP contribution in [-0.2, 0) is 23.0 Å². The van der Waals surface area contributed by atoms with Crippen LogP contribution in [0.5, 0.6) is 0 Å². The van der Waals surface area contributed by atoms with E-state index in [2.05, 4.69) is 30.9 Å². The Labute approximate surface area is 246 Å². The van der Waals surface area contributed by atoms with Gasteiger partial charge in [0.25, 0.3) is 5.91 Å². The molecule has 1 aliphatic rings. The van der Waals surface area contributed by atoms with Crippen molar-refractivity contribution in [2.75, 3.05) is 37.6 Å². The van der Waals surface area contributed by atoms with E-state index in [4.69, 9.17) is 4.98 Å². The second-order valence-electron chi connectivity index (χ2n) is 9.83. The van der Waals surface area contributed by atoms with Crippen LogP contribution in [0.2, 0.25) is 0 Å². The van der Waals surface area contributed by atoms with E-state index >= 15 is 0 Å². The third-order valence-corrected chi connectivity index (χ3v) is 10.3. The largest absolute Gasteiger partial charge is 0.302 e. The minimum Gasteiger partial charge on any atom is -0.302 e.